The lowest BCUT2D eigenvalue weighted by atomic mass is 9.80. The predicted molar refractivity (Wildman–Crippen MR) is 89.4 cm³/mol. The Morgan fingerprint density at radius 2 is 1.48 bits per heavy atom. The Morgan fingerprint density at radius 3 is 2.05 bits per heavy atom. The van der Waals surface area contributed by atoms with Crippen LogP contribution in [0.3, 0.4) is 0 Å². The van der Waals surface area contributed by atoms with Crippen LogP contribution in [0.5, 0.6) is 0 Å². The summed E-state index contributed by atoms with van der Waals surface area (Å²) in [4.78, 5) is 0. The molecule has 0 heterocycles. The summed E-state index contributed by atoms with van der Waals surface area (Å²) < 4.78 is 0. The molecule has 0 radical (unpaired) electrons. The van der Waals surface area contributed by atoms with E-state index in [0.29, 0.717) is 5.92 Å². The van der Waals surface area contributed by atoms with E-state index in [1.807, 2.05) is 12.1 Å². The second-order valence-corrected chi connectivity index (χ2v) is 5.88. The monoisotopic (exact) mass is 282 g/mol. The number of hydrogen-bond donors (Lipinski definition) is 1. The van der Waals surface area contributed by atoms with Crippen molar-refractivity contribution < 1.29 is 5.11 Å². The Balaban J connectivity index is 1.96. The van der Waals surface area contributed by atoms with Crippen molar-refractivity contribution >= 4 is 0 Å². The first-order valence-corrected chi connectivity index (χ1v) is 7.99. The number of aryl methyl sites for hydroxylation is 1. The lowest BCUT2D eigenvalue weighted by molar-refractivity contribution is 0.0920. The number of rotatable bonds is 7. The molecule has 1 nitrogen and oxygen atoms in total. The topological polar surface area (TPSA) is 20.2 Å². The van der Waals surface area contributed by atoms with Crippen LogP contribution in [0, 0.1) is 5.92 Å². The van der Waals surface area contributed by atoms with E-state index in [9.17, 15) is 5.11 Å². The standard InChI is InChI=1S/C20H26O/c1-3-19(18-12-8-5-9-13-18)16(2)20(21)15-14-17-10-6-4-7-11-17/h4-13,16,19-21H,3,14-15H2,1-2H3. The van der Waals surface area contributed by atoms with Crippen LogP contribution in [0.1, 0.15) is 43.7 Å². The van der Waals surface area contributed by atoms with Crippen LogP contribution in [0.4, 0.5) is 0 Å². The molecule has 0 saturated carbocycles. The molecule has 0 aliphatic carbocycles. The third kappa shape index (κ3) is 4.44. The molecule has 0 aromatic heterocycles. The smallest absolute Gasteiger partial charge is 0.0574 e. The van der Waals surface area contributed by atoms with Crippen LogP contribution in [-0.2, 0) is 6.42 Å². The van der Waals surface area contributed by atoms with E-state index in [4.69, 9.17) is 0 Å². The molecule has 2 aromatic rings. The molecular weight excluding hydrogens is 256 g/mol. The van der Waals surface area contributed by atoms with Gasteiger partial charge in [0.15, 0.2) is 0 Å². The molecule has 3 atom stereocenters. The molecule has 2 rings (SSSR count). The normalized spacial score (nSPS) is 15.4. The lowest BCUT2D eigenvalue weighted by Gasteiger charge is -2.27. The Hall–Kier alpha value is -1.60. The second-order valence-electron chi connectivity index (χ2n) is 5.88. The summed E-state index contributed by atoms with van der Waals surface area (Å²) in [7, 11) is 0. The Labute approximate surface area is 128 Å². The molecule has 2 aromatic carbocycles. The molecular formula is C20H26O. The van der Waals surface area contributed by atoms with Crippen LogP contribution in [0.2, 0.25) is 0 Å². The quantitative estimate of drug-likeness (QED) is 0.772. The average molecular weight is 282 g/mol. The average Bonchev–Trinajstić information content (AvgIpc) is 2.55. The zero-order valence-corrected chi connectivity index (χ0v) is 13.1. The molecule has 21 heavy (non-hydrogen) atoms. The largest absolute Gasteiger partial charge is 0.393 e. The first-order chi connectivity index (χ1) is 10.2. The van der Waals surface area contributed by atoms with Gasteiger partial charge in [0.05, 0.1) is 6.10 Å². The highest BCUT2D eigenvalue weighted by atomic mass is 16.3. The van der Waals surface area contributed by atoms with Crippen LogP contribution in [-0.4, -0.2) is 11.2 Å². The van der Waals surface area contributed by atoms with E-state index in [0.717, 1.165) is 19.3 Å². The molecule has 1 N–H and O–H groups in total. The lowest BCUT2D eigenvalue weighted by Crippen LogP contribution is -2.24. The summed E-state index contributed by atoms with van der Waals surface area (Å²) in [6.07, 6.45) is 2.58. The van der Waals surface area contributed by atoms with Gasteiger partial charge in [-0.2, -0.15) is 0 Å². The molecule has 1 heteroatoms. The van der Waals surface area contributed by atoms with E-state index in [1.54, 1.807) is 0 Å². The minimum atomic E-state index is -0.254. The summed E-state index contributed by atoms with van der Waals surface area (Å²) in [5, 5.41) is 10.5. The van der Waals surface area contributed by atoms with Gasteiger partial charge in [-0.25, -0.2) is 0 Å². The third-order valence-corrected chi connectivity index (χ3v) is 4.48. The first-order valence-electron chi connectivity index (χ1n) is 7.99. The minimum Gasteiger partial charge on any atom is -0.393 e. The van der Waals surface area contributed by atoms with Gasteiger partial charge in [-0.15, -0.1) is 0 Å². The van der Waals surface area contributed by atoms with Gasteiger partial charge in [0.2, 0.25) is 0 Å². The van der Waals surface area contributed by atoms with Crippen LogP contribution in [0.25, 0.3) is 0 Å². The minimum absolute atomic E-state index is 0.254. The molecule has 0 bridgehead atoms. The highest BCUT2D eigenvalue weighted by molar-refractivity contribution is 5.20. The summed E-state index contributed by atoms with van der Waals surface area (Å²) in [6, 6.07) is 21.0. The van der Waals surface area contributed by atoms with Gasteiger partial charge < -0.3 is 5.11 Å². The Morgan fingerprint density at radius 1 is 0.905 bits per heavy atom. The van der Waals surface area contributed by atoms with Crippen molar-refractivity contribution in [2.24, 2.45) is 5.92 Å². The fraction of sp³-hybridized carbons (Fsp3) is 0.400. The molecule has 3 unspecified atom stereocenters. The van der Waals surface area contributed by atoms with Crippen molar-refractivity contribution in [2.75, 3.05) is 0 Å². The van der Waals surface area contributed by atoms with E-state index in [2.05, 4.69) is 62.4 Å². The van der Waals surface area contributed by atoms with Gasteiger partial charge in [-0.05, 0) is 42.2 Å². The molecule has 112 valence electrons. The van der Waals surface area contributed by atoms with Crippen LogP contribution >= 0.6 is 0 Å². The van der Waals surface area contributed by atoms with Crippen molar-refractivity contribution in [3.05, 3.63) is 71.8 Å². The number of aliphatic hydroxyl groups excluding tert-OH is 1. The van der Waals surface area contributed by atoms with Gasteiger partial charge in [0.1, 0.15) is 0 Å². The first kappa shape index (κ1) is 15.8. The van der Waals surface area contributed by atoms with E-state index < -0.39 is 0 Å². The maximum atomic E-state index is 10.5. The molecule has 0 spiro atoms. The summed E-state index contributed by atoms with van der Waals surface area (Å²) in [6.45, 7) is 4.38. The van der Waals surface area contributed by atoms with Crippen molar-refractivity contribution in [3.8, 4) is 0 Å². The zero-order chi connectivity index (χ0) is 15.1. The highest BCUT2D eigenvalue weighted by Crippen LogP contribution is 2.31. The van der Waals surface area contributed by atoms with E-state index in [-0.39, 0.29) is 12.0 Å². The molecule has 0 amide bonds. The van der Waals surface area contributed by atoms with E-state index in [1.165, 1.54) is 11.1 Å². The molecule has 0 aliphatic rings. The van der Waals surface area contributed by atoms with Crippen molar-refractivity contribution in [2.45, 2.75) is 45.1 Å². The molecule has 0 saturated heterocycles. The Bertz CT molecular complexity index is 506. The maximum absolute atomic E-state index is 10.5. The number of benzene rings is 2. The summed E-state index contributed by atoms with van der Waals surface area (Å²) >= 11 is 0. The van der Waals surface area contributed by atoms with Gasteiger partial charge in [-0.1, -0.05) is 74.5 Å². The Kier molecular flexibility index (Phi) is 6.01. The van der Waals surface area contributed by atoms with Gasteiger partial charge >= 0.3 is 0 Å². The van der Waals surface area contributed by atoms with Gasteiger partial charge in [-0.3, -0.25) is 0 Å². The fourth-order valence-electron chi connectivity index (χ4n) is 3.10. The molecule has 0 fully saturated rings. The van der Waals surface area contributed by atoms with Gasteiger partial charge in [0.25, 0.3) is 0 Å². The summed E-state index contributed by atoms with van der Waals surface area (Å²) in [5.41, 5.74) is 2.64. The third-order valence-electron chi connectivity index (χ3n) is 4.48. The SMILES string of the molecule is CCC(c1ccccc1)C(C)C(O)CCc1ccccc1. The second kappa shape index (κ2) is 7.99. The van der Waals surface area contributed by atoms with E-state index >= 15 is 0 Å². The van der Waals surface area contributed by atoms with Crippen LogP contribution in [0.15, 0.2) is 60.7 Å². The van der Waals surface area contributed by atoms with Crippen molar-refractivity contribution in [1.82, 2.24) is 0 Å². The van der Waals surface area contributed by atoms with Crippen LogP contribution < -0.4 is 0 Å². The maximum Gasteiger partial charge on any atom is 0.0574 e. The fourth-order valence-corrected chi connectivity index (χ4v) is 3.10. The molecule has 0 aliphatic heterocycles. The summed E-state index contributed by atoms with van der Waals surface area (Å²) in [5.74, 6) is 0.707. The predicted octanol–water partition coefficient (Wildman–Crippen LogP) is 4.81. The number of aliphatic hydroxyl groups is 1. The van der Waals surface area contributed by atoms with Gasteiger partial charge in [0, 0.05) is 0 Å². The number of hydrogen-bond acceptors (Lipinski definition) is 1. The van der Waals surface area contributed by atoms with Crippen molar-refractivity contribution in [1.29, 1.82) is 0 Å². The zero-order valence-electron chi connectivity index (χ0n) is 13.1. The highest BCUT2D eigenvalue weighted by Gasteiger charge is 2.24. The van der Waals surface area contributed by atoms with Crippen molar-refractivity contribution in [3.63, 3.8) is 0 Å².